The van der Waals surface area contributed by atoms with Gasteiger partial charge in [-0.1, -0.05) is 6.92 Å². The first-order valence-electron chi connectivity index (χ1n) is 1.63. The summed E-state index contributed by atoms with van der Waals surface area (Å²) in [6, 6.07) is 0. The first kappa shape index (κ1) is 4.45. The number of nitrogens with zero attached hydrogens (tertiary/aromatic N) is 1. The van der Waals surface area contributed by atoms with E-state index in [9.17, 15) is 0 Å². The predicted molar refractivity (Wildman–Crippen MR) is 24.6 cm³/mol. The Labute approximate surface area is 32.1 Å². The van der Waals surface area contributed by atoms with Crippen LogP contribution in [0.15, 0.2) is 0 Å². The van der Waals surface area contributed by atoms with Gasteiger partial charge in [0.2, 0.25) is 0 Å². The molecule has 5 heavy (non-hydrogen) atoms. The Morgan fingerprint density at radius 3 is 2.60 bits per heavy atom. The highest BCUT2D eigenvalue weighted by atomic mass is 14.5. The van der Waals surface area contributed by atoms with E-state index in [0.717, 1.165) is 6.42 Å². The van der Waals surface area contributed by atoms with Crippen LogP contribution in [0.25, 0.3) is 0 Å². The third-order valence-electron chi connectivity index (χ3n) is 0.288. The molecule has 0 N–H and O–H groups in total. The molecule has 0 aromatic carbocycles. The minimum absolute atomic E-state index is 0.927. The fraction of sp³-hybridized carbons (Fsp3) is 0.500. The van der Waals surface area contributed by atoms with Crippen LogP contribution in [0.4, 0.5) is 0 Å². The van der Waals surface area contributed by atoms with Crippen LogP contribution in [0, 0.1) is 0 Å². The molecule has 0 aromatic rings. The average Bonchev–Trinajstić information content (AvgIpc) is 1.41. The lowest BCUT2D eigenvalue weighted by atomic mass is 10.6. The monoisotopic (exact) mass is 69.1 g/mol. The molecule has 0 heterocycles. The maximum atomic E-state index is 4.71. The van der Waals surface area contributed by atoms with Gasteiger partial charge in [-0.3, -0.25) is 4.67 Å². The first-order chi connectivity index (χ1) is 2.41. The Kier molecular flexibility index (Phi) is 3.07. The quantitative estimate of drug-likeness (QED) is 0.236. The number of rotatable bonds is 1. The van der Waals surface area contributed by atoms with Gasteiger partial charge in [0.15, 0.2) is 0 Å². The first-order valence-corrected chi connectivity index (χ1v) is 1.63. The molecular weight excluding hydrogens is 62.1 g/mol. The van der Waals surface area contributed by atoms with E-state index in [1.165, 1.54) is 0 Å². The van der Waals surface area contributed by atoms with E-state index >= 15 is 0 Å². The molecule has 0 amide bonds. The van der Waals surface area contributed by atoms with Crippen molar-refractivity contribution in [1.82, 2.24) is 4.67 Å². The van der Waals surface area contributed by atoms with Crippen LogP contribution in [-0.4, -0.2) is 12.9 Å². The minimum atomic E-state index is 0.927. The summed E-state index contributed by atoms with van der Waals surface area (Å²) in [5.41, 5.74) is 0. The Hall–Kier alpha value is -0.550. The highest BCUT2D eigenvalue weighted by molar-refractivity contribution is 5.57. The van der Waals surface area contributed by atoms with E-state index in [4.69, 9.17) is 6.72 Å². The number of hydrogen-bond acceptors (Lipinski definition) is 0. The molecule has 28 valence electrons. The van der Waals surface area contributed by atoms with Gasteiger partial charge in [0, 0.05) is 0 Å². The summed E-state index contributed by atoms with van der Waals surface area (Å²) < 4.78 is 3.23. The molecule has 0 aromatic heterocycles. The molecule has 0 aliphatic heterocycles. The molecule has 0 fully saturated rings. The smallest absolute Gasteiger partial charge is 0.141 e. The van der Waals surface area contributed by atoms with Gasteiger partial charge in [-0.15, -0.1) is 0 Å². The summed E-state index contributed by atoms with van der Waals surface area (Å²) in [4.78, 5) is 0. The molecule has 0 aliphatic rings. The van der Waals surface area contributed by atoms with E-state index in [2.05, 4.69) is 4.67 Å². The van der Waals surface area contributed by atoms with Crippen LogP contribution in [-0.2, 0) is 0 Å². The van der Waals surface area contributed by atoms with Gasteiger partial charge in [0.1, 0.15) is 12.9 Å². The van der Waals surface area contributed by atoms with Crippen LogP contribution >= 0.6 is 0 Å². The maximum absolute atomic E-state index is 4.71. The predicted octanol–water partition coefficient (Wildman–Crippen LogP) is 0.112. The van der Waals surface area contributed by atoms with Crippen molar-refractivity contribution in [2.75, 3.05) is 0 Å². The molecule has 0 unspecified atom stereocenters. The zero-order valence-electron chi connectivity index (χ0n) is 3.31. The van der Waals surface area contributed by atoms with Crippen molar-refractivity contribution < 1.29 is 0 Å². The molecule has 0 rings (SSSR count). The summed E-state index contributed by atoms with van der Waals surface area (Å²) in [6.45, 7) is 6.69. The van der Waals surface area contributed by atoms with Gasteiger partial charge in [0.25, 0.3) is 0 Å². The second kappa shape index (κ2) is 3.45. The maximum Gasteiger partial charge on any atom is 0.141 e. The third-order valence-corrected chi connectivity index (χ3v) is 0.288. The summed E-state index contributed by atoms with van der Waals surface area (Å²) in [6.07, 6.45) is 2.58. The summed E-state index contributed by atoms with van der Waals surface area (Å²) >= 11 is 0. The zero-order valence-corrected chi connectivity index (χ0v) is 3.31. The molecule has 0 spiro atoms. The fourth-order valence-electron chi connectivity index (χ4n) is 0.105. The minimum Gasteiger partial charge on any atom is -0.299 e. The van der Waals surface area contributed by atoms with E-state index in [0.29, 0.717) is 0 Å². The van der Waals surface area contributed by atoms with E-state index in [1.807, 2.05) is 6.92 Å². The highest BCUT2D eigenvalue weighted by Crippen LogP contribution is 1.53. The molecule has 0 atom stereocenters. The number of hydrogen-bond donors (Lipinski definition) is 0. The Morgan fingerprint density at radius 1 is 2.00 bits per heavy atom. The van der Waals surface area contributed by atoms with Crippen LogP contribution in [0.3, 0.4) is 0 Å². The second-order valence-corrected chi connectivity index (χ2v) is 0.740. The van der Waals surface area contributed by atoms with E-state index in [-0.39, 0.29) is 0 Å². The molecule has 0 saturated carbocycles. The van der Waals surface area contributed by atoms with Crippen molar-refractivity contribution in [3.63, 3.8) is 0 Å². The second-order valence-electron chi connectivity index (χ2n) is 0.740. The average molecular weight is 69.1 g/mol. The lowest BCUT2D eigenvalue weighted by Crippen LogP contribution is -1.67. The normalized spacial score (nSPS) is 5.80. The SMILES string of the molecule is [CH-]=[N+]=CCC. The molecule has 1 nitrogen and oxygen atoms in total. The van der Waals surface area contributed by atoms with Crippen LogP contribution in [0.5, 0.6) is 0 Å². The zero-order chi connectivity index (χ0) is 4.12. The third kappa shape index (κ3) is 3.45. The van der Waals surface area contributed by atoms with Gasteiger partial charge in [-0.25, -0.2) is 0 Å². The van der Waals surface area contributed by atoms with Gasteiger partial charge >= 0.3 is 0 Å². The van der Waals surface area contributed by atoms with Crippen molar-refractivity contribution in [2.24, 2.45) is 0 Å². The Bertz CT molecular complexity index is 50.7. The van der Waals surface area contributed by atoms with Gasteiger partial charge < -0.3 is 0 Å². The standard InChI is InChI=1S/C4H7N/c1-3-4-5-2/h2,4H,3H2,1H3. The largest absolute Gasteiger partial charge is 0.299 e. The van der Waals surface area contributed by atoms with Crippen LogP contribution < -0.4 is 4.67 Å². The molecular formula is C4H7N. The van der Waals surface area contributed by atoms with Gasteiger partial charge in [0.05, 0.1) is 0 Å². The Balaban J connectivity index is 2.93. The lowest BCUT2D eigenvalue weighted by Gasteiger charge is -1.56. The highest BCUT2D eigenvalue weighted by Gasteiger charge is 1.53. The van der Waals surface area contributed by atoms with Crippen LogP contribution in [0.2, 0.25) is 0 Å². The van der Waals surface area contributed by atoms with Crippen molar-refractivity contribution in [2.45, 2.75) is 13.3 Å². The van der Waals surface area contributed by atoms with Gasteiger partial charge in [-0.05, 0) is 6.42 Å². The van der Waals surface area contributed by atoms with Crippen LogP contribution in [0.1, 0.15) is 13.3 Å². The summed E-state index contributed by atoms with van der Waals surface area (Å²) in [5, 5.41) is 0. The molecule has 0 saturated heterocycles. The Morgan fingerprint density at radius 2 is 2.60 bits per heavy atom. The van der Waals surface area contributed by atoms with Crippen molar-refractivity contribution in [3.05, 3.63) is 0 Å². The summed E-state index contributed by atoms with van der Waals surface area (Å²) in [7, 11) is 0. The van der Waals surface area contributed by atoms with E-state index < -0.39 is 0 Å². The van der Waals surface area contributed by atoms with Gasteiger partial charge in [-0.2, -0.15) is 0 Å². The van der Waals surface area contributed by atoms with Crippen molar-refractivity contribution >= 4 is 12.9 Å². The van der Waals surface area contributed by atoms with Crippen molar-refractivity contribution in [1.29, 1.82) is 0 Å². The topological polar surface area (TPSA) is 14.1 Å². The van der Waals surface area contributed by atoms with E-state index in [1.54, 1.807) is 6.21 Å². The van der Waals surface area contributed by atoms with Crippen molar-refractivity contribution in [3.8, 4) is 0 Å². The fourth-order valence-corrected chi connectivity index (χ4v) is 0.105. The molecule has 0 bridgehead atoms. The molecule has 1 heteroatoms. The lowest BCUT2D eigenvalue weighted by molar-refractivity contribution is 1.32. The molecule has 0 aliphatic carbocycles. The summed E-state index contributed by atoms with van der Waals surface area (Å²) in [5.74, 6) is 0. The molecule has 0 radical (unpaired) electrons.